The van der Waals surface area contributed by atoms with Crippen LogP contribution in [0.4, 0.5) is 0 Å². The molecule has 2 aromatic carbocycles. The molecule has 0 fully saturated rings. The molecule has 0 bridgehead atoms. The van der Waals surface area contributed by atoms with Gasteiger partial charge in [0.15, 0.2) is 0 Å². The van der Waals surface area contributed by atoms with E-state index in [1.807, 2.05) is 48.5 Å². The molecular formula is C17H18Cl2O2. The van der Waals surface area contributed by atoms with Crippen molar-refractivity contribution in [1.82, 2.24) is 0 Å². The first kappa shape index (κ1) is 16.0. The number of rotatable bonds is 8. The highest BCUT2D eigenvalue weighted by molar-refractivity contribution is 6.17. The van der Waals surface area contributed by atoms with Crippen LogP contribution in [0, 0.1) is 0 Å². The number of para-hydroxylation sites is 2. The lowest BCUT2D eigenvalue weighted by Gasteiger charge is -2.11. The van der Waals surface area contributed by atoms with Crippen LogP contribution in [0.5, 0.6) is 11.5 Å². The zero-order chi connectivity index (χ0) is 14.9. The highest BCUT2D eigenvalue weighted by Crippen LogP contribution is 2.21. The molecule has 0 atom stereocenters. The van der Waals surface area contributed by atoms with Gasteiger partial charge in [-0.15, -0.1) is 23.2 Å². The minimum Gasteiger partial charge on any atom is -0.493 e. The summed E-state index contributed by atoms with van der Waals surface area (Å²) in [5.41, 5.74) is 2.01. The quantitative estimate of drug-likeness (QED) is 0.502. The number of alkyl halides is 2. The molecule has 2 rings (SSSR count). The minimum atomic E-state index is 0.454. The van der Waals surface area contributed by atoms with Crippen molar-refractivity contribution in [3.63, 3.8) is 0 Å². The summed E-state index contributed by atoms with van der Waals surface area (Å²) in [7, 11) is 0. The molecule has 21 heavy (non-hydrogen) atoms. The summed E-state index contributed by atoms with van der Waals surface area (Å²) in [6.45, 7) is 1.19. The number of hydrogen-bond acceptors (Lipinski definition) is 2. The first-order chi connectivity index (χ1) is 10.3. The molecule has 0 aliphatic carbocycles. The Morgan fingerprint density at radius 1 is 0.667 bits per heavy atom. The van der Waals surface area contributed by atoms with Crippen LogP contribution in [-0.2, 0) is 11.8 Å². The van der Waals surface area contributed by atoms with Gasteiger partial charge >= 0.3 is 0 Å². The second kappa shape index (κ2) is 8.81. The van der Waals surface area contributed by atoms with Crippen LogP contribution in [0.2, 0.25) is 0 Å². The zero-order valence-corrected chi connectivity index (χ0v) is 13.2. The maximum Gasteiger partial charge on any atom is 0.123 e. The van der Waals surface area contributed by atoms with E-state index in [1.54, 1.807) is 0 Å². The molecule has 0 heterocycles. The maximum atomic E-state index is 5.87. The zero-order valence-electron chi connectivity index (χ0n) is 11.7. The Bertz CT molecular complexity index is 508. The maximum absolute atomic E-state index is 5.87. The van der Waals surface area contributed by atoms with Gasteiger partial charge in [0.05, 0.1) is 25.0 Å². The standard InChI is InChI=1S/C17H18Cl2O2/c18-12-14-6-1-3-8-16(14)20-10-5-11-21-17-9-4-2-7-15(17)13-19/h1-4,6-9H,5,10-13H2. The van der Waals surface area contributed by atoms with E-state index in [4.69, 9.17) is 32.7 Å². The Hall–Kier alpha value is -1.38. The van der Waals surface area contributed by atoms with Gasteiger partial charge in [0, 0.05) is 17.5 Å². The average Bonchev–Trinajstić information content (AvgIpc) is 2.55. The molecule has 0 N–H and O–H groups in total. The lowest BCUT2D eigenvalue weighted by molar-refractivity contribution is 0.245. The Balaban J connectivity index is 1.75. The van der Waals surface area contributed by atoms with Crippen molar-refractivity contribution >= 4 is 23.2 Å². The van der Waals surface area contributed by atoms with Crippen LogP contribution in [-0.4, -0.2) is 13.2 Å². The topological polar surface area (TPSA) is 18.5 Å². The third-order valence-electron chi connectivity index (χ3n) is 3.04. The summed E-state index contributed by atoms with van der Waals surface area (Å²) in [4.78, 5) is 0. The molecule has 0 spiro atoms. The number of hydrogen-bond donors (Lipinski definition) is 0. The van der Waals surface area contributed by atoms with Crippen molar-refractivity contribution in [2.75, 3.05) is 13.2 Å². The van der Waals surface area contributed by atoms with Crippen molar-refractivity contribution in [3.05, 3.63) is 59.7 Å². The first-order valence-corrected chi connectivity index (χ1v) is 7.95. The Morgan fingerprint density at radius 2 is 1.10 bits per heavy atom. The van der Waals surface area contributed by atoms with Gasteiger partial charge < -0.3 is 9.47 Å². The summed E-state index contributed by atoms with van der Waals surface area (Å²) < 4.78 is 11.5. The van der Waals surface area contributed by atoms with E-state index in [1.165, 1.54) is 0 Å². The van der Waals surface area contributed by atoms with Gasteiger partial charge in [0.2, 0.25) is 0 Å². The predicted molar refractivity (Wildman–Crippen MR) is 87.6 cm³/mol. The highest BCUT2D eigenvalue weighted by atomic mass is 35.5. The summed E-state index contributed by atoms with van der Waals surface area (Å²) in [6, 6.07) is 15.6. The van der Waals surface area contributed by atoms with Crippen LogP contribution >= 0.6 is 23.2 Å². The van der Waals surface area contributed by atoms with Gasteiger partial charge in [-0.1, -0.05) is 36.4 Å². The highest BCUT2D eigenvalue weighted by Gasteiger charge is 2.03. The molecule has 0 radical (unpaired) electrons. The molecule has 4 heteroatoms. The third kappa shape index (κ3) is 4.83. The molecule has 0 aliphatic rings. The summed E-state index contributed by atoms with van der Waals surface area (Å²) in [5, 5.41) is 0. The smallest absolute Gasteiger partial charge is 0.123 e. The van der Waals surface area contributed by atoms with Gasteiger partial charge in [-0.05, 0) is 12.1 Å². The minimum absolute atomic E-state index is 0.454. The molecule has 0 amide bonds. The normalized spacial score (nSPS) is 10.4. The van der Waals surface area contributed by atoms with E-state index in [0.29, 0.717) is 25.0 Å². The van der Waals surface area contributed by atoms with Crippen LogP contribution < -0.4 is 9.47 Å². The average molecular weight is 325 g/mol. The van der Waals surface area contributed by atoms with Crippen LogP contribution in [0.15, 0.2) is 48.5 Å². The van der Waals surface area contributed by atoms with E-state index < -0.39 is 0 Å². The molecule has 0 saturated heterocycles. The molecular weight excluding hydrogens is 307 g/mol. The van der Waals surface area contributed by atoms with Crippen LogP contribution in [0.3, 0.4) is 0 Å². The fourth-order valence-electron chi connectivity index (χ4n) is 1.93. The van der Waals surface area contributed by atoms with Crippen molar-refractivity contribution in [3.8, 4) is 11.5 Å². The summed E-state index contributed by atoms with van der Waals surface area (Å²) in [6.07, 6.45) is 0.799. The van der Waals surface area contributed by atoms with Crippen molar-refractivity contribution < 1.29 is 9.47 Å². The third-order valence-corrected chi connectivity index (χ3v) is 3.61. The SMILES string of the molecule is ClCc1ccccc1OCCCOc1ccccc1CCl. The Morgan fingerprint density at radius 3 is 1.52 bits per heavy atom. The number of ether oxygens (including phenoxy) is 2. The van der Waals surface area contributed by atoms with E-state index in [0.717, 1.165) is 29.0 Å². The van der Waals surface area contributed by atoms with Gasteiger partial charge in [0.1, 0.15) is 11.5 Å². The fourth-order valence-corrected chi connectivity index (χ4v) is 2.37. The van der Waals surface area contributed by atoms with Crippen molar-refractivity contribution in [2.24, 2.45) is 0 Å². The Labute approximate surface area is 135 Å². The summed E-state index contributed by atoms with van der Waals surface area (Å²) in [5.74, 6) is 2.59. The molecule has 0 aliphatic heterocycles. The van der Waals surface area contributed by atoms with E-state index in [-0.39, 0.29) is 0 Å². The molecule has 2 nitrogen and oxygen atoms in total. The molecule has 112 valence electrons. The van der Waals surface area contributed by atoms with Crippen LogP contribution in [0.25, 0.3) is 0 Å². The van der Waals surface area contributed by atoms with E-state index in [2.05, 4.69) is 0 Å². The van der Waals surface area contributed by atoms with Gasteiger partial charge in [-0.3, -0.25) is 0 Å². The van der Waals surface area contributed by atoms with Crippen molar-refractivity contribution in [1.29, 1.82) is 0 Å². The van der Waals surface area contributed by atoms with Crippen LogP contribution in [0.1, 0.15) is 17.5 Å². The fraction of sp³-hybridized carbons (Fsp3) is 0.294. The molecule has 2 aromatic rings. The lowest BCUT2D eigenvalue weighted by Crippen LogP contribution is -2.06. The van der Waals surface area contributed by atoms with Gasteiger partial charge in [-0.2, -0.15) is 0 Å². The molecule has 0 aromatic heterocycles. The second-order valence-electron chi connectivity index (χ2n) is 4.53. The van der Waals surface area contributed by atoms with E-state index >= 15 is 0 Å². The first-order valence-electron chi connectivity index (χ1n) is 6.88. The second-order valence-corrected chi connectivity index (χ2v) is 5.07. The van der Waals surface area contributed by atoms with Gasteiger partial charge in [-0.25, -0.2) is 0 Å². The predicted octanol–water partition coefficient (Wildman–Crippen LogP) is 5.01. The van der Waals surface area contributed by atoms with Crippen molar-refractivity contribution in [2.45, 2.75) is 18.2 Å². The number of halogens is 2. The largest absolute Gasteiger partial charge is 0.493 e. The summed E-state index contributed by atoms with van der Waals surface area (Å²) >= 11 is 11.7. The molecule has 0 saturated carbocycles. The lowest BCUT2D eigenvalue weighted by atomic mass is 10.2. The van der Waals surface area contributed by atoms with E-state index in [9.17, 15) is 0 Å². The number of benzene rings is 2. The monoisotopic (exact) mass is 324 g/mol. The molecule has 0 unspecified atom stereocenters. The van der Waals surface area contributed by atoms with Gasteiger partial charge in [0.25, 0.3) is 0 Å². The Kier molecular flexibility index (Phi) is 6.71.